The molecule has 130 valence electrons. The highest BCUT2D eigenvalue weighted by atomic mass is 32.2. The third kappa shape index (κ3) is 5.80. The zero-order valence-corrected chi connectivity index (χ0v) is 14.6. The zero-order valence-electron chi connectivity index (χ0n) is 13.8. The first-order chi connectivity index (χ1) is 10.4. The van der Waals surface area contributed by atoms with Crippen molar-refractivity contribution in [2.75, 3.05) is 18.9 Å². The van der Waals surface area contributed by atoms with E-state index in [4.69, 9.17) is 9.29 Å². The van der Waals surface area contributed by atoms with Crippen molar-refractivity contribution in [3.8, 4) is 0 Å². The van der Waals surface area contributed by atoms with E-state index in [0.717, 1.165) is 0 Å². The van der Waals surface area contributed by atoms with Crippen molar-refractivity contribution in [1.82, 2.24) is 4.90 Å². The summed E-state index contributed by atoms with van der Waals surface area (Å²) >= 11 is 0. The lowest BCUT2D eigenvalue weighted by Gasteiger charge is -2.30. The summed E-state index contributed by atoms with van der Waals surface area (Å²) in [6.07, 6.45) is 3.19. The first-order valence-corrected chi connectivity index (χ1v) is 8.84. The Bertz CT molecular complexity index is 629. The Kier molecular flexibility index (Phi) is 6.12. The quantitative estimate of drug-likeness (QED) is 0.321. The van der Waals surface area contributed by atoms with Gasteiger partial charge in [-0.15, -0.1) is 0 Å². The van der Waals surface area contributed by atoms with Gasteiger partial charge in [0.1, 0.15) is 6.61 Å². The van der Waals surface area contributed by atoms with Crippen molar-refractivity contribution in [2.45, 2.75) is 39.7 Å². The van der Waals surface area contributed by atoms with Crippen LogP contribution in [-0.2, 0) is 24.4 Å². The molecule has 1 fully saturated rings. The van der Waals surface area contributed by atoms with Crippen molar-refractivity contribution < 1.29 is 27.3 Å². The summed E-state index contributed by atoms with van der Waals surface area (Å²) in [5.41, 5.74) is -0.283. The summed E-state index contributed by atoms with van der Waals surface area (Å²) < 4.78 is 36.0. The van der Waals surface area contributed by atoms with Crippen molar-refractivity contribution >= 4 is 21.7 Å². The first kappa shape index (κ1) is 19.4. The van der Waals surface area contributed by atoms with Gasteiger partial charge in [-0.05, 0) is 46.3 Å². The van der Waals surface area contributed by atoms with Crippen molar-refractivity contribution in [3.63, 3.8) is 0 Å². The number of hydrogen-bond donors (Lipinski definition) is 1. The minimum absolute atomic E-state index is 0.0729. The number of carbonyl (C=O) groups excluding carboxylic acids is 2. The van der Waals surface area contributed by atoms with E-state index in [1.165, 1.54) is 19.9 Å². The second-order valence-corrected chi connectivity index (χ2v) is 7.66. The Morgan fingerprint density at radius 2 is 1.87 bits per heavy atom. The van der Waals surface area contributed by atoms with Crippen LogP contribution in [0.3, 0.4) is 0 Å². The van der Waals surface area contributed by atoms with E-state index in [9.17, 15) is 18.0 Å². The van der Waals surface area contributed by atoms with Gasteiger partial charge < -0.3 is 9.64 Å². The molecule has 0 aromatic heterocycles. The minimum atomic E-state index is -4.01. The SMILES string of the molecule is CC(=O)C(=CC=C1OCC(C)(C)N1CCCS(=O)(=O)O)C(C)=O. The zero-order chi connectivity index (χ0) is 17.8. The molecule has 0 spiro atoms. The highest BCUT2D eigenvalue weighted by Crippen LogP contribution is 2.29. The van der Waals surface area contributed by atoms with Crippen molar-refractivity contribution in [1.29, 1.82) is 0 Å². The number of nitrogens with zero attached hydrogens (tertiary/aromatic N) is 1. The average Bonchev–Trinajstić information content (AvgIpc) is 2.63. The van der Waals surface area contributed by atoms with E-state index in [1.54, 1.807) is 6.08 Å². The summed E-state index contributed by atoms with van der Waals surface area (Å²) in [4.78, 5) is 24.7. The van der Waals surface area contributed by atoms with E-state index in [1.807, 2.05) is 18.7 Å². The van der Waals surface area contributed by atoms with Crippen molar-refractivity contribution in [3.05, 3.63) is 23.6 Å². The maximum Gasteiger partial charge on any atom is 0.264 e. The molecule has 1 N–H and O–H groups in total. The number of allylic oxidation sites excluding steroid dienone is 3. The third-order valence-corrected chi connectivity index (χ3v) is 4.31. The molecule has 0 saturated carbocycles. The average molecular weight is 345 g/mol. The number of hydrogen-bond acceptors (Lipinski definition) is 6. The Morgan fingerprint density at radius 1 is 1.30 bits per heavy atom. The molecule has 0 unspecified atom stereocenters. The van der Waals surface area contributed by atoms with E-state index in [2.05, 4.69) is 0 Å². The molecule has 0 radical (unpaired) electrons. The van der Waals surface area contributed by atoms with Gasteiger partial charge in [0.15, 0.2) is 17.4 Å². The summed E-state index contributed by atoms with van der Waals surface area (Å²) in [5, 5.41) is 0. The number of Topliss-reactive ketones (excluding diaryl/α,β-unsaturated/α-hetero) is 2. The van der Waals surface area contributed by atoms with Crippen LogP contribution in [-0.4, -0.2) is 53.9 Å². The predicted octanol–water partition coefficient (Wildman–Crippen LogP) is 1.32. The molecule has 0 atom stereocenters. The fraction of sp³-hybridized carbons (Fsp3) is 0.600. The van der Waals surface area contributed by atoms with Gasteiger partial charge in [0, 0.05) is 6.54 Å². The number of ketones is 2. The molecule has 0 aromatic rings. The van der Waals surface area contributed by atoms with Gasteiger partial charge in [-0.3, -0.25) is 14.1 Å². The van der Waals surface area contributed by atoms with Gasteiger partial charge >= 0.3 is 0 Å². The maximum absolute atomic E-state index is 11.4. The van der Waals surface area contributed by atoms with Gasteiger partial charge in [-0.25, -0.2) is 0 Å². The summed E-state index contributed by atoms with van der Waals surface area (Å²) in [6.45, 7) is 7.25. The summed E-state index contributed by atoms with van der Waals surface area (Å²) in [7, 11) is -4.01. The second kappa shape index (κ2) is 7.27. The van der Waals surface area contributed by atoms with Crippen LogP contribution in [0, 0.1) is 0 Å². The van der Waals surface area contributed by atoms with Gasteiger partial charge in [0.2, 0.25) is 0 Å². The monoisotopic (exact) mass is 345 g/mol. The standard InChI is InChI=1S/C15H23NO6S/c1-11(17)13(12(2)18)6-7-14-16(15(3,4)10-22-14)8-5-9-23(19,20)21/h6-7H,5,8-10H2,1-4H3,(H,19,20,21). The van der Waals surface area contributed by atoms with Crippen LogP contribution in [0.25, 0.3) is 0 Å². The fourth-order valence-corrected chi connectivity index (χ4v) is 2.79. The summed E-state index contributed by atoms with van der Waals surface area (Å²) in [6, 6.07) is 0. The predicted molar refractivity (Wildman–Crippen MR) is 85.3 cm³/mol. The highest BCUT2D eigenvalue weighted by Gasteiger charge is 2.36. The number of rotatable bonds is 7. The van der Waals surface area contributed by atoms with Crippen LogP contribution < -0.4 is 0 Å². The Morgan fingerprint density at radius 3 is 2.35 bits per heavy atom. The third-order valence-electron chi connectivity index (χ3n) is 3.51. The molecule has 1 saturated heterocycles. The molecule has 0 aromatic carbocycles. The second-order valence-electron chi connectivity index (χ2n) is 6.09. The van der Waals surface area contributed by atoms with E-state index in [0.29, 0.717) is 19.0 Å². The van der Waals surface area contributed by atoms with Crippen molar-refractivity contribution in [2.24, 2.45) is 0 Å². The maximum atomic E-state index is 11.4. The molecule has 0 aliphatic carbocycles. The lowest BCUT2D eigenvalue weighted by Crippen LogP contribution is -2.40. The normalized spacial score (nSPS) is 18.7. The largest absolute Gasteiger partial charge is 0.477 e. The Hall–Kier alpha value is -1.67. The summed E-state index contributed by atoms with van der Waals surface area (Å²) in [5.74, 6) is -0.533. The van der Waals surface area contributed by atoms with Crippen LogP contribution in [0.4, 0.5) is 0 Å². The molecule has 0 bridgehead atoms. The van der Waals surface area contributed by atoms with Gasteiger partial charge in [-0.1, -0.05) is 0 Å². The van der Waals surface area contributed by atoms with Gasteiger partial charge in [-0.2, -0.15) is 8.42 Å². The van der Waals surface area contributed by atoms with Crippen LogP contribution in [0.15, 0.2) is 23.6 Å². The first-order valence-electron chi connectivity index (χ1n) is 7.23. The molecule has 8 heteroatoms. The molecule has 0 amide bonds. The minimum Gasteiger partial charge on any atom is -0.477 e. The van der Waals surface area contributed by atoms with E-state index in [-0.39, 0.29) is 34.9 Å². The van der Waals surface area contributed by atoms with Crippen LogP contribution in [0.1, 0.15) is 34.1 Å². The topological polar surface area (TPSA) is 101 Å². The molecule has 23 heavy (non-hydrogen) atoms. The molecule has 1 aliphatic heterocycles. The van der Waals surface area contributed by atoms with Gasteiger partial charge in [0.25, 0.3) is 10.1 Å². The Balaban J connectivity index is 2.95. The van der Waals surface area contributed by atoms with Crippen LogP contribution in [0.5, 0.6) is 0 Å². The molecular weight excluding hydrogens is 322 g/mol. The van der Waals surface area contributed by atoms with E-state index >= 15 is 0 Å². The molecule has 1 aliphatic rings. The Labute approximate surface area is 136 Å². The van der Waals surface area contributed by atoms with Crippen LogP contribution in [0.2, 0.25) is 0 Å². The van der Waals surface area contributed by atoms with Gasteiger partial charge in [0.05, 0.1) is 16.9 Å². The molecule has 1 rings (SSSR count). The molecule has 1 heterocycles. The lowest BCUT2D eigenvalue weighted by atomic mass is 10.1. The highest BCUT2D eigenvalue weighted by molar-refractivity contribution is 7.85. The fourth-order valence-electron chi connectivity index (χ4n) is 2.30. The molecule has 7 nitrogen and oxygen atoms in total. The van der Waals surface area contributed by atoms with Crippen LogP contribution >= 0.6 is 0 Å². The number of ether oxygens (including phenoxy) is 1. The molecular formula is C15H23NO6S. The smallest absolute Gasteiger partial charge is 0.264 e. The number of carbonyl (C=O) groups is 2. The lowest BCUT2D eigenvalue weighted by molar-refractivity contribution is -0.119. The van der Waals surface area contributed by atoms with E-state index < -0.39 is 10.1 Å².